The number of nitrogens with zero attached hydrogens (tertiary/aromatic N) is 6. The summed E-state index contributed by atoms with van der Waals surface area (Å²) in [7, 11) is 1.75. The molecule has 0 spiro atoms. The molecule has 0 aliphatic carbocycles. The molecule has 3 amide bonds. The lowest BCUT2D eigenvalue weighted by atomic mass is 10.0. The van der Waals surface area contributed by atoms with Gasteiger partial charge in [-0.05, 0) is 60.8 Å². The molecule has 3 aliphatic heterocycles. The number of imidazole rings is 3. The van der Waals surface area contributed by atoms with Crippen LogP contribution in [0.1, 0.15) is 84.4 Å². The number of likely N-dealkylation sites (tertiary alicyclic amines) is 2. The van der Waals surface area contributed by atoms with Crippen LogP contribution >= 0.6 is 0 Å². The van der Waals surface area contributed by atoms with Crippen molar-refractivity contribution in [1.29, 1.82) is 0 Å². The summed E-state index contributed by atoms with van der Waals surface area (Å²) >= 11 is 0. The Kier molecular flexibility index (Phi) is 9.97. The topological polar surface area (TPSA) is 154 Å². The predicted octanol–water partition coefficient (Wildman–Crippen LogP) is 6.54. The fraction of sp³-hybridized carbons (Fsp3) is 0.318. The second kappa shape index (κ2) is 15.7. The van der Waals surface area contributed by atoms with E-state index in [9.17, 15) is 14.4 Å². The number of aromatic amines is 2. The lowest BCUT2D eigenvalue weighted by Gasteiger charge is -2.28. The van der Waals surface area contributed by atoms with Crippen LogP contribution < -0.4 is 5.32 Å². The number of benzene rings is 3. The summed E-state index contributed by atoms with van der Waals surface area (Å²) in [5.74, 6) is 1.08. The number of carbonyl (C=O) groups excluding carboxylic acids is 3. The van der Waals surface area contributed by atoms with Crippen molar-refractivity contribution >= 4 is 17.7 Å². The smallest absolute Gasteiger partial charge is 0.270 e. The zero-order valence-electron chi connectivity index (χ0n) is 31.8. The van der Waals surface area contributed by atoms with Gasteiger partial charge in [0.2, 0.25) is 5.91 Å². The zero-order valence-corrected chi connectivity index (χ0v) is 31.8. The van der Waals surface area contributed by atoms with Crippen LogP contribution in [0.3, 0.4) is 0 Å². The van der Waals surface area contributed by atoms with Crippen molar-refractivity contribution in [2.45, 2.75) is 62.8 Å². The minimum absolute atomic E-state index is 0.0526. The number of rotatable bonds is 10. The summed E-state index contributed by atoms with van der Waals surface area (Å²) in [6, 6.07) is 24.9. The van der Waals surface area contributed by atoms with Crippen LogP contribution in [0.5, 0.6) is 0 Å². The van der Waals surface area contributed by atoms with Crippen LogP contribution in [0.15, 0.2) is 104 Å². The van der Waals surface area contributed by atoms with Gasteiger partial charge in [0, 0.05) is 38.5 Å². The molecule has 9 rings (SSSR count). The van der Waals surface area contributed by atoms with E-state index < -0.39 is 6.04 Å². The molecule has 13 nitrogen and oxygen atoms in total. The number of H-pyrrole nitrogens is 2. The molecule has 3 aromatic heterocycles. The molecule has 0 bridgehead atoms. The Labute approximate surface area is 330 Å². The van der Waals surface area contributed by atoms with Crippen LogP contribution in [0.4, 0.5) is 0 Å². The van der Waals surface area contributed by atoms with Gasteiger partial charge in [0.05, 0.1) is 42.2 Å². The van der Waals surface area contributed by atoms with Crippen molar-refractivity contribution in [3.8, 4) is 33.6 Å². The number of amides is 3. The Morgan fingerprint density at radius 3 is 2.16 bits per heavy atom. The van der Waals surface area contributed by atoms with Gasteiger partial charge in [0.25, 0.3) is 11.8 Å². The first-order valence-electron chi connectivity index (χ1n) is 19.8. The Hall–Kier alpha value is -6.34. The van der Waals surface area contributed by atoms with Gasteiger partial charge in [0.1, 0.15) is 29.5 Å². The molecular weight excluding hydrogens is 719 g/mol. The van der Waals surface area contributed by atoms with Crippen molar-refractivity contribution in [3.05, 3.63) is 127 Å². The second-order valence-electron chi connectivity index (χ2n) is 15.1. The molecule has 0 unspecified atom stereocenters. The van der Waals surface area contributed by atoms with Gasteiger partial charge in [0.15, 0.2) is 0 Å². The van der Waals surface area contributed by atoms with Crippen molar-refractivity contribution in [1.82, 2.24) is 44.6 Å². The molecule has 6 aromatic rings. The largest absolute Gasteiger partial charge is 0.368 e. The molecule has 0 saturated carbocycles. The molecule has 6 heterocycles. The van der Waals surface area contributed by atoms with Gasteiger partial charge in [-0.3, -0.25) is 14.4 Å². The normalized spacial score (nSPS) is 19.9. The Balaban J connectivity index is 0.866. The number of aryl methyl sites for hydroxylation is 1. The van der Waals surface area contributed by atoms with E-state index in [-0.39, 0.29) is 35.9 Å². The average Bonchev–Trinajstić information content (AvgIpc) is 4.11. The van der Waals surface area contributed by atoms with Gasteiger partial charge in [-0.15, -0.1) is 0 Å². The quantitative estimate of drug-likeness (QED) is 0.143. The molecule has 3 fully saturated rings. The average molecular weight is 764 g/mol. The van der Waals surface area contributed by atoms with Crippen LogP contribution in [0, 0.1) is 0 Å². The van der Waals surface area contributed by atoms with Gasteiger partial charge in [-0.2, -0.15) is 0 Å². The summed E-state index contributed by atoms with van der Waals surface area (Å²) in [5.41, 5.74) is 6.95. The molecule has 3 saturated heterocycles. The Morgan fingerprint density at radius 1 is 0.789 bits per heavy atom. The third kappa shape index (κ3) is 7.26. The monoisotopic (exact) mass is 763 g/mol. The number of hydrogen-bond acceptors (Lipinski definition) is 7. The van der Waals surface area contributed by atoms with Crippen LogP contribution in [0.2, 0.25) is 0 Å². The highest BCUT2D eigenvalue weighted by Gasteiger charge is 2.38. The van der Waals surface area contributed by atoms with Gasteiger partial charge >= 0.3 is 0 Å². The zero-order chi connectivity index (χ0) is 38.9. The molecule has 3 aliphatic rings. The molecule has 3 aromatic carbocycles. The maximum absolute atomic E-state index is 14.2. The number of aromatic nitrogens is 6. The van der Waals surface area contributed by atoms with Crippen LogP contribution in [-0.2, 0) is 21.4 Å². The van der Waals surface area contributed by atoms with Crippen molar-refractivity contribution < 1.29 is 19.1 Å². The summed E-state index contributed by atoms with van der Waals surface area (Å²) in [6.45, 7) is 1.96. The van der Waals surface area contributed by atoms with Crippen molar-refractivity contribution in [2.24, 2.45) is 7.05 Å². The van der Waals surface area contributed by atoms with Crippen LogP contribution in [-0.4, -0.2) is 82.8 Å². The van der Waals surface area contributed by atoms with Gasteiger partial charge in [-0.25, -0.2) is 15.0 Å². The molecule has 57 heavy (non-hydrogen) atoms. The van der Waals surface area contributed by atoms with E-state index in [1.807, 2.05) is 52.5 Å². The minimum Gasteiger partial charge on any atom is -0.368 e. The maximum atomic E-state index is 14.2. The summed E-state index contributed by atoms with van der Waals surface area (Å²) in [6.07, 6.45) is 11.7. The number of hydrogen-bond donors (Lipinski definition) is 3. The lowest BCUT2D eigenvalue weighted by molar-refractivity contribution is -0.142. The predicted molar refractivity (Wildman–Crippen MR) is 213 cm³/mol. The number of carbonyl (C=O) groups is 3. The highest BCUT2D eigenvalue weighted by Crippen LogP contribution is 2.36. The standard InChI is InChI=1S/C44H45N9O4/c1-51-27-45-26-37(51)42(54)50-39(32-8-3-2-4-9-32)44(56)53-22-6-11-36(53)41-47-25-34(49-41)31-19-15-29(16-20-31)28-13-17-30(18-14-28)33-24-46-40(48-33)35-10-5-21-52(35)43(55)38-12-7-23-57-38/h2-4,8-9,13-20,24-27,35-36,38-39H,5-7,10-12,21-23H2,1H3,(H,46,48)(H,47,49)(H,50,54)/t35-,36-,38+,39+/m0/s1. The number of ether oxygens (including phenoxy) is 1. The van der Waals surface area contributed by atoms with E-state index >= 15 is 0 Å². The summed E-state index contributed by atoms with van der Waals surface area (Å²) < 4.78 is 7.31. The fourth-order valence-electron chi connectivity index (χ4n) is 8.45. The Morgan fingerprint density at radius 2 is 1.47 bits per heavy atom. The van der Waals surface area contributed by atoms with Crippen molar-refractivity contribution in [2.75, 3.05) is 19.7 Å². The first-order valence-corrected chi connectivity index (χ1v) is 19.8. The molecule has 0 radical (unpaired) electrons. The summed E-state index contributed by atoms with van der Waals surface area (Å²) in [4.78, 5) is 64.9. The van der Waals surface area contributed by atoms with E-state index in [4.69, 9.17) is 14.7 Å². The van der Waals surface area contributed by atoms with E-state index in [1.54, 1.807) is 17.9 Å². The van der Waals surface area contributed by atoms with E-state index in [0.717, 1.165) is 90.4 Å². The minimum atomic E-state index is -0.862. The molecule has 13 heteroatoms. The van der Waals surface area contributed by atoms with Crippen LogP contribution in [0.25, 0.3) is 33.6 Å². The van der Waals surface area contributed by atoms with E-state index in [1.165, 1.54) is 6.20 Å². The maximum Gasteiger partial charge on any atom is 0.270 e. The number of nitrogens with one attached hydrogen (secondary N) is 3. The van der Waals surface area contributed by atoms with E-state index in [0.29, 0.717) is 24.4 Å². The first kappa shape index (κ1) is 36.3. The van der Waals surface area contributed by atoms with Gasteiger partial charge < -0.3 is 34.4 Å². The Bertz CT molecular complexity index is 2360. The first-order chi connectivity index (χ1) is 27.9. The van der Waals surface area contributed by atoms with Crippen molar-refractivity contribution in [3.63, 3.8) is 0 Å². The third-order valence-corrected chi connectivity index (χ3v) is 11.5. The van der Waals surface area contributed by atoms with E-state index in [2.05, 4.69) is 68.8 Å². The molecular formula is C44H45N9O4. The lowest BCUT2D eigenvalue weighted by Crippen LogP contribution is -2.43. The fourth-order valence-corrected chi connectivity index (χ4v) is 8.45. The third-order valence-electron chi connectivity index (χ3n) is 11.5. The van der Waals surface area contributed by atoms with Gasteiger partial charge in [-0.1, -0.05) is 78.9 Å². The highest BCUT2D eigenvalue weighted by atomic mass is 16.5. The molecule has 3 N–H and O–H groups in total. The molecule has 4 atom stereocenters. The highest BCUT2D eigenvalue weighted by molar-refractivity contribution is 5.96. The summed E-state index contributed by atoms with van der Waals surface area (Å²) in [5, 5.41) is 2.97. The second-order valence-corrected chi connectivity index (χ2v) is 15.1. The SMILES string of the molecule is Cn1cncc1C(=O)N[C@@H](C(=O)N1CCC[C@H]1c1ncc(-c2ccc(-c3ccc(-c4c[nH]c([C@@H]5CCCN5C(=O)[C@H]5CCCO5)n4)cc3)cc2)[nH]1)c1ccccc1. The molecule has 290 valence electrons.